The maximum Gasteiger partial charge on any atom is 0.255 e. The van der Waals surface area contributed by atoms with Crippen molar-refractivity contribution in [1.29, 1.82) is 0 Å². The second-order valence-electron chi connectivity index (χ2n) is 9.56. The van der Waals surface area contributed by atoms with E-state index in [2.05, 4.69) is 29.5 Å². The lowest BCUT2D eigenvalue weighted by atomic mass is 9.68. The van der Waals surface area contributed by atoms with Gasteiger partial charge in [0.2, 0.25) is 5.75 Å². The third kappa shape index (κ3) is 4.60. The molecule has 0 radical (unpaired) electrons. The molecule has 2 aromatic rings. The molecule has 8 nitrogen and oxygen atoms in total. The monoisotopic (exact) mass is 477 g/mol. The Balaban J connectivity index is 1.90. The molecule has 1 aliphatic heterocycles. The van der Waals surface area contributed by atoms with E-state index in [1.54, 1.807) is 36.5 Å². The van der Waals surface area contributed by atoms with Gasteiger partial charge in [-0.05, 0) is 48.6 Å². The number of Topliss-reactive ketones (excluding diaryl/α,β-unsaturated/α-hetero) is 1. The van der Waals surface area contributed by atoms with Crippen molar-refractivity contribution in [2.45, 2.75) is 39.5 Å². The van der Waals surface area contributed by atoms with Gasteiger partial charge >= 0.3 is 0 Å². The number of hydrogen-bond donors (Lipinski definition) is 2. The van der Waals surface area contributed by atoms with Crippen LogP contribution in [0.25, 0.3) is 0 Å². The Morgan fingerprint density at radius 1 is 1.09 bits per heavy atom. The number of nitrogens with one attached hydrogen (secondary N) is 2. The molecule has 1 atom stereocenters. The number of methoxy groups -OCH3 is 3. The summed E-state index contributed by atoms with van der Waals surface area (Å²) in [6.45, 7) is 6.01. The van der Waals surface area contributed by atoms with E-state index in [1.165, 1.54) is 21.3 Å². The molecule has 1 amide bonds. The molecule has 1 aromatic carbocycles. The standard InChI is InChI=1S/C27H31N3O5/c1-15-22(26(32)30-21-9-7-8-10-28-21)23(24-17(29-15)13-27(2,3)14-18(24)31)16-11-19(33-4)25(35-6)20(12-16)34-5/h7-12,23,29H,13-14H2,1-6H3,(H,28,30,32)/t23-/m0/s1. The number of carbonyl (C=O) groups excluding carboxylic acids is 2. The van der Waals surface area contributed by atoms with E-state index in [4.69, 9.17) is 14.2 Å². The third-order valence-corrected chi connectivity index (χ3v) is 6.41. The highest BCUT2D eigenvalue weighted by molar-refractivity contribution is 6.09. The van der Waals surface area contributed by atoms with E-state index in [0.29, 0.717) is 58.3 Å². The molecule has 0 spiro atoms. The largest absolute Gasteiger partial charge is 0.493 e. The Labute approximate surface area is 205 Å². The van der Waals surface area contributed by atoms with Crippen molar-refractivity contribution >= 4 is 17.5 Å². The predicted molar refractivity (Wildman–Crippen MR) is 133 cm³/mol. The van der Waals surface area contributed by atoms with Crippen LogP contribution in [0.15, 0.2) is 59.1 Å². The van der Waals surface area contributed by atoms with Gasteiger partial charge < -0.3 is 24.8 Å². The molecule has 0 bridgehead atoms. The molecule has 1 aliphatic carbocycles. The first kappa shape index (κ1) is 24.3. The van der Waals surface area contributed by atoms with Gasteiger partial charge in [0.05, 0.1) is 21.3 Å². The van der Waals surface area contributed by atoms with Crippen LogP contribution in [0.3, 0.4) is 0 Å². The zero-order valence-corrected chi connectivity index (χ0v) is 20.9. The van der Waals surface area contributed by atoms with Gasteiger partial charge in [-0.25, -0.2) is 4.98 Å². The van der Waals surface area contributed by atoms with E-state index in [1.807, 2.05) is 6.92 Å². The lowest BCUT2D eigenvalue weighted by Gasteiger charge is -2.39. The number of pyridine rings is 1. The fourth-order valence-electron chi connectivity index (χ4n) is 4.96. The Morgan fingerprint density at radius 3 is 2.34 bits per heavy atom. The maximum absolute atomic E-state index is 13.6. The first-order valence-electron chi connectivity index (χ1n) is 11.5. The number of anilines is 1. The lowest BCUT2D eigenvalue weighted by Crippen LogP contribution is -2.39. The van der Waals surface area contributed by atoms with E-state index >= 15 is 0 Å². The number of hydrogen-bond acceptors (Lipinski definition) is 7. The van der Waals surface area contributed by atoms with Crippen LogP contribution >= 0.6 is 0 Å². The number of carbonyl (C=O) groups is 2. The summed E-state index contributed by atoms with van der Waals surface area (Å²) in [5.74, 6) is 0.832. The molecule has 35 heavy (non-hydrogen) atoms. The second kappa shape index (κ2) is 9.44. The molecule has 0 saturated heterocycles. The summed E-state index contributed by atoms with van der Waals surface area (Å²) < 4.78 is 16.6. The molecule has 2 N–H and O–H groups in total. The third-order valence-electron chi connectivity index (χ3n) is 6.41. The lowest BCUT2D eigenvalue weighted by molar-refractivity contribution is -0.118. The van der Waals surface area contributed by atoms with E-state index in [-0.39, 0.29) is 17.1 Å². The van der Waals surface area contributed by atoms with E-state index in [9.17, 15) is 9.59 Å². The van der Waals surface area contributed by atoms with Crippen LogP contribution in [0, 0.1) is 5.41 Å². The molecule has 2 aliphatic rings. The quantitative estimate of drug-likeness (QED) is 0.638. The molecule has 2 heterocycles. The molecular formula is C27H31N3O5. The van der Waals surface area contributed by atoms with E-state index < -0.39 is 5.92 Å². The number of ketones is 1. The minimum absolute atomic E-state index is 0.0122. The zero-order chi connectivity index (χ0) is 25.3. The van der Waals surface area contributed by atoms with Crippen molar-refractivity contribution in [3.8, 4) is 17.2 Å². The number of benzene rings is 1. The van der Waals surface area contributed by atoms with Gasteiger partial charge in [0.25, 0.3) is 5.91 Å². The second-order valence-corrected chi connectivity index (χ2v) is 9.56. The maximum atomic E-state index is 13.6. The summed E-state index contributed by atoms with van der Waals surface area (Å²) in [7, 11) is 4.62. The molecule has 0 saturated carbocycles. The van der Waals surface area contributed by atoms with Gasteiger partial charge in [-0.1, -0.05) is 19.9 Å². The predicted octanol–water partition coefficient (Wildman–Crippen LogP) is 4.35. The summed E-state index contributed by atoms with van der Waals surface area (Å²) in [5, 5.41) is 6.25. The molecule has 4 rings (SSSR count). The SMILES string of the molecule is COc1cc([C@H]2C(C(=O)Nc3ccccn3)=C(C)NC3=C2C(=O)CC(C)(C)C3)cc(OC)c1OC. The van der Waals surface area contributed by atoms with Crippen molar-refractivity contribution in [3.63, 3.8) is 0 Å². The van der Waals surface area contributed by atoms with Gasteiger partial charge in [0.1, 0.15) is 5.82 Å². The normalized spacial score (nSPS) is 19.0. The van der Waals surface area contributed by atoms with Crippen molar-refractivity contribution in [2.24, 2.45) is 5.41 Å². The highest BCUT2D eigenvalue weighted by Gasteiger charge is 2.43. The van der Waals surface area contributed by atoms with Crippen LogP contribution in [0.2, 0.25) is 0 Å². The highest BCUT2D eigenvalue weighted by atomic mass is 16.5. The summed E-state index contributed by atoms with van der Waals surface area (Å²) in [6, 6.07) is 8.90. The van der Waals surface area contributed by atoms with Crippen molar-refractivity contribution in [3.05, 3.63) is 64.6 Å². The Bertz CT molecular complexity index is 1210. The van der Waals surface area contributed by atoms with Gasteiger partial charge in [0, 0.05) is 41.1 Å². The Kier molecular flexibility index (Phi) is 6.56. The van der Waals surface area contributed by atoms with Crippen LogP contribution < -0.4 is 24.8 Å². The first-order valence-corrected chi connectivity index (χ1v) is 11.5. The first-order chi connectivity index (χ1) is 16.7. The smallest absolute Gasteiger partial charge is 0.255 e. The molecule has 184 valence electrons. The summed E-state index contributed by atoms with van der Waals surface area (Å²) in [4.78, 5) is 31.4. The average Bonchev–Trinajstić information content (AvgIpc) is 2.81. The topological polar surface area (TPSA) is 98.8 Å². The minimum Gasteiger partial charge on any atom is -0.493 e. The van der Waals surface area contributed by atoms with Gasteiger partial charge in [-0.3, -0.25) is 9.59 Å². The minimum atomic E-state index is -0.618. The summed E-state index contributed by atoms with van der Waals surface area (Å²) in [6.07, 6.45) is 2.70. The molecule has 0 unspecified atom stereocenters. The number of amides is 1. The fraction of sp³-hybridized carbons (Fsp3) is 0.370. The van der Waals surface area contributed by atoms with E-state index in [0.717, 1.165) is 5.70 Å². The molecular weight excluding hydrogens is 446 g/mol. The molecule has 0 fully saturated rings. The van der Waals surface area contributed by atoms with Crippen LogP contribution in [-0.4, -0.2) is 38.0 Å². The van der Waals surface area contributed by atoms with Crippen LogP contribution in [-0.2, 0) is 9.59 Å². The van der Waals surface area contributed by atoms with Crippen molar-refractivity contribution < 1.29 is 23.8 Å². The zero-order valence-electron chi connectivity index (χ0n) is 20.9. The van der Waals surface area contributed by atoms with Crippen LogP contribution in [0.1, 0.15) is 45.1 Å². The number of allylic oxidation sites excluding steroid dienone is 3. The summed E-state index contributed by atoms with van der Waals surface area (Å²) >= 11 is 0. The van der Waals surface area contributed by atoms with Crippen molar-refractivity contribution in [2.75, 3.05) is 26.6 Å². The average molecular weight is 478 g/mol. The van der Waals surface area contributed by atoms with Crippen LogP contribution in [0.5, 0.6) is 17.2 Å². The van der Waals surface area contributed by atoms with Gasteiger partial charge in [-0.2, -0.15) is 0 Å². The molecule has 8 heteroatoms. The number of aromatic nitrogens is 1. The number of nitrogens with zero attached hydrogens (tertiary/aromatic N) is 1. The fourth-order valence-corrected chi connectivity index (χ4v) is 4.96. The van der Waals surface area contributed by atoms with Crippen molar-refractivity contribution in [1.82, 2.24) is 10.3 Å². The van der Waals surface area contributed by atoms with Crippen LogP contribution in [0.4, 0.5) is 5.82 Å². The van der Waals surface area contributed by atoms with Gasteiger partial charge in [-0.15, -0.1) is 0 Å². The number of dihydropyridines is 1. The number of ether oxygens (including phenoxy) is 3. The summed E-state index contributed by atoms with van der Waals surface area (Å²) in [5.41, 5.74) is 3.08. The van der Waals surface area contributed by atoms with Gasteiger partial charge in [0.15, 0.2) is 17.3 Å². The molecule has 1 aromatic heterocycles. The Hall–Kier alpha value is -3.81. The Morgan fingerprint density at radius 2 is 1.77 bits per heavy atom. The highest BCUT2D eigenvalue weighted by Crippen LogP contribution is 2.49. The number of rotatable bonds is 6.